The summed E-state index contributed by atoms with van der Waals surface area (Å²) in [5.74, 6) is 0. The van der Waals surface area contributed by atoms with E-state index in [2.05, 4.69) is 9.46 Å². The molecule has 1 aromatic rings. The number of hydrogen-bond donors (Lipinski definition) is 2. The number of methoxy groups -OCH3 is 1. The van der Waals surface area contributed by atoms with Crippen LogP contribution in [-0.2, 0) is 14.8 Å². The number of aliphatic hydroxyl groups is 1. The van der Waals surface area contributed by atoms with Crippen LogP contribution in [0.2, 0.25) is 0 Å². The van der Waals surface area contributed by atoms with Crippen LogP contribution >= 0.6 is 0 Å². The summed E-state index contributed by atoms with van der Waals surface area (Å²) in [6, 6.07) is 2.47. The fourth-order valence-electron chi connectivity index (χ4n) is 1.67. The molecule has 0 saturated carbocycles. The van der Waals surface area contributed by atoms with E-state index >= 15 is 0 Å². The average molecular weight is 318 g/mol. The van der Waals surface area contributed by atoms with Crippen molar-refractivity contribution in [2.24, 2.45) is 0 Å². The van der Waals surface area contributed by atoms with E-state index in [-0.39, 0.29) is 13.2 Å². The van der Waals surface area contributed by atoms with E-state index < -0.39 is 31.6 Å². The molecule has 1 aromatic carbocycles. The third-order valence-corrected chi connectivity index (χ3v) is 4.38. The molecule has 0 aromatic heterocycles. The Hall–Kier alpha value is -1.55. The van der Waals surface area contributed by atoms with E-state index in [9.17, 15) is 23.6 Å². The topological polar surface area (TPSA) is 119 Å². The number of aryl methyl sites for hydroxylation is 2. The first-order valence-corrected chi connectivity index (χ1v) is 7.59. The van der Waals surface area contributed by atoms with Crippen LogP contribution < -0.4 is 4.72 Å². The molecule has 9 heteroatoms. The molecule has 118 valence electrons. The number of hydrogen-bond acceptors (Lipinski definition) is 6. The fraction of sp³-hybridized carbons (Fsp3) is 0.500. The summed E-state index contributed by atoms with van der Waals surface area (Å²) >= 11 is 0. The Kier molecular flexibility index (Phi) is 5.78. The van der Waals surface area contributed by atoms with Crippen molar-refractivity contribution >= 4 is 15.7 Å². The van der Waals surface area contributed by atoms with Gasteiger partial charge in [0.15, 0.2) is 4.90 Å². The molecule has 0 aliphatic carbocycles. The molecule has 0 radical (unpaired) electrons. The second kappa shape index (κ2) is 6.94. The van der Waals surface area contributed by atoms with Crippen LogP contribution in [0.25, 0.3) is 0 Å². The molecule has 0 aliphatic heterocycles. The SMILES string of the molecule is COCC(O)CNS(=O)(=O)c1cc(C)c(C)cc1[N+](=O)[O-]. The molecular weight excluding hydrogens is 300 g/mol. The van der Waals surface area contributed by atoms with Gasteiger partial charge < -0.3 is 9.84 Å². The molecular formula is C12H18N2O6S. The van der Waals surface area contributed by atoms with E-state index in [0.29, 0.717) is 11.1 Å². The Morgan fingerprint density at radius 1 is 1.38 bits per heavy atom. The van der Waals surface area contributed by atoms with Gasteiger partial charge >= 0.3 is 0 Å². The zero-order chi connectivity index (χ0) is 16.2. The molecule has 0 bridgehead atoms. The lowest BCUT2D eigenvalue weighted by Crippen LogP contribution is -2.34. The molecule has 21 heavy (non-hydrogen) atoms. The van der Waals surface area contributed by atoms with Crippen molar-refractivity contribution in [1.82, 2.24) is 4.72 Å². The summed E-state index contributed by atoms with van der Waals surface area (Å²) in [5.41, 5.74) is 0.755. The van der Waals surface area contributed by atoms with E-state index in [4.69, 9.17) is 0 Å². The van der Waals surface area contributed by atoms with Crippen LogP contribution in [0.3, 0.4) is 0 Å². The van der Waals surface area contributed by atoms with E-state index in [1.165, 1.54) is 19.2 Å². The standard InChI is InChI=1S/C12H18N2O6S/c1-8-4-11(14(16)17)12(5-9(8)2)21(18,19)13-6-10(15)7-20-3/h4-5,10,13,15H,6-7H2,1-3H3. The van der Waals surface area contributed by atoms with Gasteiger partial charge in [-0.25, -0.2) is 13.1 Å². The van der Waals surface area contributed by atoms with E-state index in [0.717, 1.165) is 0 Å². The average Bonchev–Trinajstić information content (AvgIpc) is 2.39. The van der Waals surface area contributed by atoms with Crippen molar-refractivity contribution in [2.45, 2.75) is 24.8 Å². The summed E-state index contributed by atoms with van der Waals surface area (Å²) in [5, 5.41) is 20.5. The maximum atomic E-state index is 12.2. The van der Waals surface area contributed by atoms with Gasteiger partial charge in [-0.2, -0.15) is 0 Å². The first kappa shape index (κ1) is 17.5. The van der Waals surface area contributed by atoms with E-state index in [1.807, 2.05) is 0 Å². The number of ether oxygens (including phenoxy) is 1. The smallest absolute Gasteiger partial charge is 0.289 e. The Bertz CT molecular complexity index is 629. The van der Waals surface area contributed by atoms with Crippen LogP contribution in [0, 0.1) is 24.0 Å². The molecule has 1 atom stereocenters. The zero-order valence-corrected chi connectivity index (χ0v) is 12.8. The minimum Gasteiger partial charge on any atom is -0.389 e. The Morgan fingerprint density at radius 3 is 2.48 bits per heavy atom. The molecule has 1 unspecified atom stereocenters. The van der Waals surface area contributed by atoms with Crippen molar-refractivity contribution < 1.29 is 23.2 Å². The second-order valence-electron chi connectivity index (χ2n) is 4.62. The maximum absolute atomic E-state index is 12.2. The number of nitro groups is 1. The molecule has 0 saturated heterocycles. The number of nitrogens with one attached hydrogen (secondary N) is 1. The number of nitro benzene ring substituents is 1. The molecule has 0 fully saturated rings. The highest BCUT2D eigenvalue weighted by atomic mass is 32.2. The number of sulfonamides is 1. The number of aliphatic hydroxyl groups excluding tert-OH is 1. The van der Waals surface area contributed by atoms with Crippen molar-refractivity contribution in [3.05, 3.63) is 33.4 Å². The largest absolute Gasteiger partial charge is 0.389 e. The van der Waals surface area contributed by atoms with Gasteiger partial charge in [-0.05, 0) is 31.0 Å². The maximum Gasteiger partial charge on any atom is 0.289 e. The van der Waals surface area contributed by atoms with Gasteiger partial charge in [0.05, 0.1) is 17.6 Å². The Labute approximate surface area is 122 Å². The third kappa shape index (κ3) is 4.46. The lowest BCUT2D eigenvalue weighted by Gasteiger charge is -2.12. The second-order valence-corrected chi connectivity index (χ2v) is 6.36. The van der Waals surface area contributed by atoms with Gasteiger partial charge in [-0.3, -0.25) is 10.1 Å². The van der Waals surface area contributed by atoms with Crippen LogP contribution in [0.5, 0.6) is 0 Å². The first-order valence-electron chi connectivity index (χ1n) is 6.11. The lowest BCUT2D eigenvalue weighted by atomic mass is 10.1. The number of benzene rings is 1. The summed E-state index contributed by atoms with van der Waals surface area (Å²) in [6.07, 6.45) is -1.03. The third-order valence-electron chi connectivity index (χ3n) is 2.93. The monoisotopic (exact) mass is 318 g/mol. The van der Waals surface area contributed by atoms with Gasteiger partial charge in [0, 0.05) is 19.7 Å². The minimum absolute atomic E-state index is 0.0441. The van der Waals surface area contributed by atoms with Gasteiger partial charge in [0.1, 0.15) is 0 Å². The van der Waals surface area contributed by atoms with Crippen LogP contribution in [0.15, 0.2) is 17.0 Å². The lowest BCUT2D eigenvalue weighted by molar-refractivity contribution is -0.387. The van der Waals surface area contributed by atoms with Crippen molar-refractivity contribution in [3.8, 4) is 0 Å². The number of rotatable bonds is 7. The van der Waals surface area contributed by atoms with Gasteiger partial charge in [0.25, 0.3) is 5.69 Å². The molecule has 0 amide bonds. The van der Waals surface area contributed by atoms with Gasteiger partial charge in [0.2, 0.25) is 10.0 Å². The molecule has 2 N–H and O–H groups in total. The minimum atomic E-state index is -4.10. The van der Waals surface area contributed by atoms with Crippen LogP contribution in [0.1, 0.15) is 11.1 Å². The van der Waals surface area contributed by atoms with Crippen molar-refractivity contribution in [1.29, 1.82) is 0 Å². The fourth-order valence-corrected chi connectivity index (χ4v) is 2.98. The molecule has 0 spiro atoms. The normalized spacial score (nSPS) is 13.1. The summed E-state index contributed by atoms with van der Waals surface area (Å²) in [6.45, 7) is 2.99. The first-order chi connectivity index (χ1) is 9.69. The summed E-state index contributed by atoms with van der Waals surface area (Å²) < 4.78 is 31.1. The van der Waals surface area contributed by atoms with Crippen molar-refractivity contribution in [3.63, 3.8) is 0 Å². The zero-order valence-electron chi connectivity index (χ0n) is 12.0. The quantitative estimate of drug-likeness (QED) is 0.558. The molecule has 0 aliphatic rings. The van der Waals surface area contributed by atoms with Crippen molar-refractivity contribution in [2.75, 3.05) is 20.3 Å². The highest BCUT2D eigenvalue weighted by molar-refractivity contribution is 7.89. The Morgan fingerprint density at radius 2 is 1.95 bits per heavy atom. The van der Waals surface area contributed by atoms with Crippen LogP contribution in [-0.4, -0.2) is 44.8 Å². The summed E-state index contributed by atoms with van der Waals surface area (Å²) in [4.78, 5) is 9.86. The molecule has 1 rings (SSSR count). The molecule has 8 nitrogen and oxygen atoms in total. The van der Waals surface area contributed by atoms with E-state index in [1.54, 1.807) is 13.8 Å². The van der Waals surface area contributed by atoms with Gasteiger partial charge in [-0.1, -0.05) is 0 Å². The number of nitrogens with zero attached hydrogens (tertiary/aromatic N) is 1. The van der Waals surface area contributed by atoms with Gasteiger partial charge in [-0.15, -0.1) is 0 Å². The summed E-state index contributed by atoms with van der Waals surface area (Å²) in [7, 11) is -2.73. The highest BCUT2D eigenvalue weighted by Crippen LogP contribution is 2.27. The predicted octanol–water partition coefficient (Wildman–Crippen LogP) is 0.497. The Balaban J connectivity index is 3.13. The highest BCUT2D eigenvalue weighted by Gasteiger charge is 2.27. The predicted molar refractivity (Wildman–Crippen MR) is 75.6 cm³/mol. The van der Waals surface area contributed by atoms with Crippen LogP contribution in [0.4, 0.5) is 5.69 Å². The molecule has 0 heterocycles.